The van der Waals surface area contributed by atoms with Crippen molar-refractivity contribution in [3.8, 4) is 5.75 Å². The predicted molar refractivity (Wildman–Crippen MR) is 103 cm³/mol. The molecule has 1 aliphatic carbocycles. The molecule has 3 heteroatoms. The summed E-state index contributed by atoms with van der Waals surface area (Å²) in [6.45, 7) is 0. The van der Waals surface area contributed by atoms with Gasteiger partial charge in [-0.3, -0.25) is 4.79 Å². The maximum atomic E-state index is 13.0. The average Bonchev–Trinajstić information content (AvgIpc) is 3.47. The molecule has 3 aromatic rings. The number of methoxy groups -OCH3 is 1. The van der Waals surface area contributed by atoms with Crippen molar-refractivity contribution in [3.05, 3.63) is 96.1 Å². The molecule has 0 bridgehead atoms. The van der Waals surface area contributed by atoms with Gasteiger partial charge < -0.3 is 10.1 Å². The summed E-state index contributed by atoms with van der Waals surface area (Å²) >= 11 is 0. The van der Waals surface area contributed by atoms with Gasteiger partial charge in [0, 0.05) is 17.2 Å². The van der Waals surface area contributed by atoms with Crippen LogP contribution in [0.1, 0.15) is 17.5 Å². The minimum Gasteiger partial charge on any atom is -0.497 e. The van der Waals surface area contributed by atoms with Crippen molar-refractivity contribution in [2.45, 2.75) is 11.8 Å². The highest BCUT2D eigenvalue weighted by molar-refractivity contribution is 5.97. The molecule has 1 saturated carbocycles. The van der Waals surface area contributed by atoms with Crippen LogP contribution in [0.15, 0.2) is 84.9 Å². The van der Waals surface area contributed by atoms with Crippen LogP contribution in [0.4, 0.5) is 5.69 Å². The van der Waals surface area contributed by atoms with Gasteiger partial charge in [-0.2, -0.15) is 0 Å². The second-order valence-electron chi connectivity index (χ2n) is 6.68. The van der Waals surface area contributed by atoms with E-state index in [9.17, 15) is 4.79 Å². The quantitative estimate of drug-likeness (QED) is 0.733. The Morgan fingerprint density at radius 3 is 2.12 bits per heavy atom. The summed E-state index contributed by atoms with van der Waals surface area (Å²) in [5, 5.41) is 3.05. The summed E-state index contributed by atoms with van der Waals surface area (Å²) in [4.78, 5) is 13.0. The van der Waals surface area contributed by atoms with Gasteiger partial charge in [-0.15, -0.1) is 0 Å². The summed E-state index contributed by atoms with van der Waals surface area (Å²) in [6.07, 6.45) is 0.816. The Hall–Kier alpha value is -3.07. The van der Waals surface area contributed by atoms with Gasteiger partial charge in [0.15, 0.2) is 0 Å². The van der Waals surface area contributed by atoms with Crippen LogP contribution < -0.4 is 10.1 Å². The highest BCUT2D eigenvalue weighted by Crippen LogP contribution is 2.59. The van der Waals surface area contributed by atoms with Crippen LogP contribution in [0.3, 0.4) is 0 Å². The molecule has 26 heavy (non-hydrogen) atoms. The van der Waals surface area contributed by atoms with Crippen LogP contribution in [-0.4, -0.2) is 13.0 Å². The number of hydrogen-bond acceptors (Lipinski definition) is 2. The number of hydrogen-bond donors (Lipinski definition) is 1. The number of anilines is 1. The molecule has 0 heterocycles. The fraction of sp³-hybridized carbons (Fsp3) is 0.174. The topological polar surface area (TPSA) is 38.3 Å². The average molecular weight is 343 g/mol. The fourth-order valence-corrected chi connectivity index (χ4v) is 3.79. The van der Waals surface area contributed by atoms with Crippen LogP contribution >= 0.6 is 0 Å². The second kappa shape index (κ2) is 6.68. The molecule has 1 atom stereocenters. The van der Waals surface area contributed by atoms with Crippen LogP contribution in [0.5, 0.6) is 5.75 Å². The zero-order valence-electron chi connectivity index (χ0n) is 14.7. The van der Waals surface area contributed by atoms with Crippen molar-refractivity contribution < 1.29 is 9.53 Å². The zero-order chi connectivity index (χ0) is 18.0. The highest BCUT2D eigenvalue weighted by atomic mass is 16.5. The van der Waals surface area contributed by atoms with E-state index < -0.39 is 0 Å². The van der Waals surface area contributed by atoms with E-state index >= 15 is 0 Å². The SMILES string of the molecule is COc1cccc(NC(=O)[C@@H]2CC2(c2ccccc2)c2ccccc2)c1. The van der Waals surface area contributed by atoms with E-state index in [4.69, 9.17) is 4.74 Å². The van der Waals surface area contributed by atoms with Crippen LogP contribution in [-0.2, 0) is 10.2 Å². The molecule has 0 radical (unpaired) electrons. The molecule has 0 unspecified atom stereocenters. The van der Waals surface area contributed by atoms with Crippen LogP contribution in [0.2, 0.25) is 0 Å². The van der Waals surface area contributed by atoms with Crippen molar-refractivity contribution >= 4 is 11.6 Å². The molecule has 0 aromatic heterocycles. The Balaban J connectivity index is 1.63. The lowest BCUT2D eigenvalue weighted by molar-refractivity contribution is -0.117. The molecule has 1 amide bonds. The monoisotopic (exact) mass is 343 g/mol. The van der Waals surface area contributed by atoms with Gasteiger partial charge in [0.2, 0.25) is 5.91 Å². The third-order valence-electron chi connectivity index (χ3n) is 5.19. The van der Waals surface area contributed by atoms with Crippen molar-refractivity contribution in [2.24, 2.45) is 5.92 Å². The third kappa shape index (κ3) is 2.86. The molecule has 3 nitrogen and oxygen atoms in total. The highest BCUT2D eigenvalue weighted by Gasteiger charge is 2.60. The van der Waals surface area contributed by atoms with E-state index in [0.717, 1.165) is 17.9 Å². The summed E-state index contributed by atoms with van der Waals surface area (Å²) in [5.74, 6) is 0.695. The maximum Gasteiger partial charge on any atom is 0.228 e. The lowest BCUT2D eigenvalue weighted by Crippen LogP contribution is -2.22. The van der Waals surface area contributed by atoms with Gasteiger partial charge in [0.25, 0.3) is 0 Å². The fourth-order valence-electron chi connectivity index (χ4n) is 3.79. The number of carbonyl (C=O) groups excluding carboxylic acids is 1. The number of benzene rings is 3. The molecule has 3 aromatic carbocycles. The van der Waals surface area contributed by atoms with Gasteiger partial charge in [0.05, 0.1) is 13.0 Å². The third-order valence-corrected chi connectivity index (χ3v) is 5.19. The molecule has 4 rings (SSSR count). The van der Waals surface area contributed by atoms with Gasteiger partial charge in [-0.1, -0.05) is 66.7 Å². The first-order valence-corrected chi connectivity index (χ1v) is 8.80. The zero-order valence-corrected chi connectivity index (χ0v) is 14.7. The molecular formula is C23H21NO2. The summed E-state index contributed by atoms with van der Waals surface area (Å²) in [7, 11) is 1.62. The summed E-state index contributed by atoms with van der Waals surface area (Å²) in [6, 6.07) is 28.1. The lowest BCUT2D eigenvalue weighted by Gasteiger charge is -2.19. The minimum atomic E-state index is -0.245. The summed E-state index contributed by atoms with van der Waals surface area (Å²) < 4.78 is 5.24. The van der Waals surface area contributed by atoms with Gasteiger partial charge in [-0.25, -0.2) is 0 Å². The minimum absolute atomic E-state index is 0.0472. The van der Waals surface area contributed by atoms with Gasteiger partial charge in [0.1, 0.15) is 5.75 Å². The van der Waals surface area contributed by atoms with E-state index in [1.165, 1.54) is 11.1 Å². The Kier molecular flexibility index (Phi) is 4.21. The van der Waals surface area contributed by atoms with Gasteiger partial charge >= 0.3 is 0 Å². The number of nitrogens with one attached hydrogen (secondary N) is 1. The maximum absolute atomic E-state index is 13.0. The van der Waals surface area contributed by atoms with Crippen molar-refractivity contribution in [1.82, 2.24) is 0 Å². The molecule has 0 aliphatic heterocycles. The molecule has 0 saturated heterocycles. The first kappa shape index (κ1) is 16.4. The molecule has 1 N–H and O–H groups in total. The van der Waals surface area contributed by atoms with Crippen molar-refractivity contribution in [3.63, 3.8) is 0 Å². The smallest absolute Gasteiger partial charge is 0.228 e. The first-order valence-electron chi connectivity index (χ1n) is 8.80. The standard InChI is InChI=1S/C23H21NO2/c1-26-20-14-8-13-19(15-20)24-22(25)21-16-23(21,17-9-4-2-5-10-17)18-11-6-3-7-12-18/h2-15,21H,16H2,1H3,(H,24,25)/t21-/m0/s1. The second-order valence-corrected chi connectivity index (χ2v) is 6.68. The van der Waals surface area contributed by atoms with Crippen molar-refractivity contribution in [2.75, 3.05) is 12.4 Å². The van der Waals surface area contributed by atoms with E-state index in [0.29, 0.717) is 0 Å². The normalized spacial score (nSPS) is 17.3. The Bertz CT molecular complexity index is 866. The van der Waals surface area contributed by atoms with E-state index in [-0.39, 0.29) is 17.2 Å². The number of carbonyl (C=O) groups is 1. The number of amides is 1. The number of rotatable bonds is 5. The van der Waals surface area contributed by atoms with E-state index in [1.807, 2.05) is 60.7 Å². The Labute approximate surface area is 153 Å². The van der Waals surface area contributed by atoms with E-state index in [2.05, 4.69) is 29.6 Å². The largest absolute Gasteiger partial charge is 0.497 e. The number of ether oxygens (including phenoxy) is 1. The molecule has 1 aliphatic rings. The molecule has 130 valence electrons. The molecular weight excluding hydrogens is 322 g/mol. The van der Waals surface area contributed by atoms with E-state index in [1.54, 1.807) is 7.11 Å². The molecule has 0 spiro atoms. The van der Waals surface area contributed by atoms with Crippen LogP contribution in [0.25, 0.3) is 0 Å². The molecule has 1 fully saturated rings. The first-order chi connectivity index (χ1) is 12.7. The Morgan fingerprint density at radius 1 is 0.923 bits per heavy atom. The summed E-state index contributed by atoms with van der Waals surface area (Å²) in [5.41, 5.74) is 2.90. The van der Waals surface area contributed by atoms with Gasteiger partial charge in [-0.05, 0) is 29.7 Å². The predicted octanol–water partition coefficient (Wildman–Crippen LogP) is 4.64. The van der Waals surface area contributed by atoms with Crippen LogP contribution in [0, 0.1) is 5.92 Å². The lowest BCUT2D eigenvalue weighted by atomic mass is 9.85. The Morgan fingerprint density at radius 2 is 1.54 bits per heavy atom. The van der Waals surface area contributed by atoms with Crippen molar-refractivity contribution in [1.29, 1.82) is 0 Å².